The third-order valence-electron chi connectivity index (χ3n) is 4.03. The van der Waals surface area contributed by atoms with Gasteiger partial charge < -0.3 is 9.73 Å². The molecule has 9 heteroatoms. The Morgan fingerprint density at radius 2 is 1.82 bits per heavy atom. The van der Waals surface area contributed by atoms with Crippen molar-refractivity contribution in [1.29, 1.82) is 0 Å². The molecule has 0 bridgehead atoms. The quantitative estimate of drug-likeness (QED) is 0.620. The number of hydrogen-bond donors (Lipinski definition) is 1. The lowest BCUT2D eigenvalue weighted by Gasteiger charge is -2.20. The Hall–Kier alpha value is -2.48. The molecule has 2 aromatic carbocycles. The van der Waals surface area contributed by atoms with Gasteiger partial charge in [-0.15, -0.1) is 0 Å². The summed E-state index contributed by atoms with van der Waals surface area (Å²) < 4.78 is 31.9. The lowest BCUT2D eigenvalue weighted by Crippen LogP contribution is -2.27. The fourth-order valence-electron chi connectivity index (χ4n) is 2.46. The fraction of sp³-hybridized carbons (Fsp3) is 0.105. The van der Waals surface area contributed by atoms with Crippen molar-refractivity contribution in [3.05, 3.63) is 82.2 Å². The van der Waals surface area contributed by atoms with Gasteiger partial charge >= 0.3 is 0 Å². The van der Waals surface area contributed by atoms with Gasteiger partial charge in [0.15, 0.2) is 0 Å². The van der Waals surface area contributed by atoms with Crippen LogP contribution in [0.2, 0.25) is 10.0 Å². The summed E-state index contributed by atoms with van der Waals surface area (Å²) in [6.07, 6.45) is 1.51. The molecule has 0 spiro atoms. The van der Waals surface area contributed by atoms with Crippen molar-refractivity contribution in [3.8, 4) is 0 Å². The van der Waals surface area contributed by atoms with E-state index in [0.29, 0.717) is 16.5 Å². The molecular weight excluding hydrogens is 423 g/mol. The zero-order valence-electron chi connectivity index (χ0n) is 14.7. The van der Waals surface area contributed by atoms with Crippen LogP contribution in [0.4, 0.5) is 5.69 Å². The van der Waals surface area contributed by atoms with Gasteiger partial charge in [-0.25, -0.2) is 8.42 Å². The van der Waals surface area contributed by atoms with E-state index >= 15 is 0 Å². The number of furan rings is 1. The largest absolute Gasteiger partial charge is 0.467 e. The summed E-state index contributed by atoms with van der Waals surface area (Å²) in [7, 11) is -2.43. The Bertz CT molecular complexity index is 1080. The normalized spacial score (nSPS) is 11.2. The van der Waals surface area contributed by atoms with Crippen molar-refractivity contribution in [2.75, 3.05) is 11.4 Å². The maximum absolute atomic E-state index is 12.8. The highest BCUT2D eigenvalue weighted by atomic mass is 35.5. The highest BCUT2D eigenvalue weighted by molar-refractivity contribution is 7.92. The standard InChI is InChI=1S/C19H16Cl2N2O4S/c1-23(28(25,26)16-7-4-13(20)5-8-16)14-6-9-18(21)17(11-14)19(24)22-12-15-3-2-10-27-15/h2-11H,12H2,1H3,(H,22,24). The molecule has 0 unspecified atom stereocenters. The number of carbonyl (C=O) groups is 1. The summed E-state index contributed by atoms with van der Waals surface area (Å²) in [5.41, 5.74) is 0.450. The first kappa shape index (κ1) is 20.3. The monoisotopic (exact) mass is 438 g/mol. The zero-order chi connectivity index (χ0) is 20.3. The second-order valence-corrected chi connectivity index (χ2v) is 8.67. The summed E-state index contributed by atoms with van der Waals surface area (Å²) >= 11 is 12.0. The van der Waals surface area contributed by atoms with E-state index in [1.807, 2.05) is 0 Å². The number of nitrogens with zero attached hydrogens (tertiary/aromatic N) is 1. The third-order valence-corrected chi connectivity index (χ3v) is 6.41. The topological polar surface area (TPSA) is 79.6 Å². The smallest absolute Gasteiger partial charge is 0.264 e. The van der Waals surface area contributed by atoms with Crippen LogP contribution in [0.3, 0.4) is 0 Å². The highest BCUT2D eigenvalue weighted by Crippen LogP contribution is 2.27. The number of anilines is 1. The van der Waals surface area contributed by atoms with Crippen LogP contribution >= 0.6 is 23.2 Å². The van der Waals surface area contributed by atoms with Crippen LogP contribution in [0, 0.1) is 0 Å². The Morgan fingerprint density at radius 3 is 2.46 bits per heavy atom. The molecule has 1 amide bonds. The molecule has 0 saturated heterocycles. The molecule has 0 aliphatic carbocycles. The Kier molecular flexibility index (Phi) is 5.98. The van der Waals surface area contributed by atoms with Crippen molar-refractivity contribution >= 4 is 44.8 Å². The van der Waals surface area contributed by atoms with Crippen LogP contribution in [-0.4, -0.2) is 21.4 Å². The highest BCUT2D eigenvalue weighted by Gasteiger charge is 2.23. The van der Waals surface area contributed by atoms with Crippen molar-refractivity contribution in [2.24, 2.45) is 0 Å². The Balaban J connectivity index is 1.85. The number of nitrogens with one attached hydrogen (secondary N) is 1. The average Bonchev–Trinajstić information content (AvgIpc) is 3.20. The first-order valence-corrected chi connectivity index (χ1v) is 10.3. The molecule has 146 valence electrons. The van der Waals surface area contributed by atoms with E-state index in [1.165, 1.54) is 55.8 Å². The first-order valence-electron chi connectivity index (χ1n) is 8.13. The summed E-state index contributed by atoms with van der Waals surface area (Å²) in [5.74, 6) is 0.142. The van der Waals surface area contributed by atoms with Gasteiger partial charge in [-0.05, 0) is 54.6 Å². The van der Waals surface area contributed by atoms with Crippen LogP contribution < -0.4 is 9.62 Å². The predicted octanol–water partition coefficient (Wildman–Crippen LogP) is 4.34. The van der Waals surface area contributed by atoms with Crippen molar-refractivity contribution in [1.82, 2.24) is 5.32 Å². The van der Waals surface area contributed by atoms with E-state index < -0.39 is 15.9 Å². The predicted molar refractivity (Wildman–Crippen MR) is 108 cm³/mol. The van der Waals surface area contributed by atoms with E-state index in [0.717, 1.165) is 4.31 Å². The number of rotatable bonds is 6. The molecule has 0 aliphatic heterocycles. The van der Waals surface area contributed by atoms with Crippen LogP contribution in [0.25, 0.3) is 0 Å². The molecule has 0 atom stereocenters. The minimum Gasteiger partial charge on any atom is -0.467 e. The van der Waals surface area contributed by atoms with Gasteiger partial charge in [-0.3, -0.25) is 9.10 Å². The van der Waals surface area contributed by atoms with Crippen molar-refractivity contribution < 1.29 is 17.6 Å². The van der Waals surface area contributed by atoms with E-state index in [-0.39, 0.29) is 22.0 Å². The first-order chi connectivity index (χ1) is 13.3. The molecule has 1 heterocycles. The summed E-state index contributed by atoms with van der Waals surface area (Å²) in [6, 6.07) is 13.7. The van der Waals surface area contributed by atoms with Crippen LogP contribution in [0.5, 0.6) is 0 Å². The van der Waals surface area contributed by atoms with Crippen molar-refractivity contribution in [3.63, 3.8) is 0 Å². The molecule has 0 radical (unpaired) electrons. The summed E-state index contributed by atoms with van der Waals surface area (Å²) in [4.78, 5) is 12.6. The maximum Gasteiger partial charge on any atom is 0.264 e. The van der Waals surface area contributed by atoms with Gasteiger partial charge in [0.05, 0.1) is 34.0 Å². The molecule has 3 aromatic rings. The van der Waals surface area contributed by atoms with E-state index in [2.05, 4.69) is 5.32 Å². The van der Waals surface area contributed by atoms with Crippen LogP contribution in [-0.2, 0) is 16.6 Å². The van der Waals surface area contributed by atoms with Crippen LogP contribution in [0.1, 0.15) is 16.1 Å². The zero-order valence-corrected chi connectivity index (χ0v) is 17.1. The second kappa shape index (κ2) is 8.26. The third kappa shape index (κ3) is 4.32. The van der Waals surface area contributed by atoms with E-state index in [1.54, 1.807) is 12.1 Å². The summed E-state index contributed by atoms with van der Waals surface area (Å²) in [5, 5.41) is 3.33. The van der Waals surface area contributed by atoms with Crippen LogP contribution in [0.15, 0.2) is 70.2 Å². The van der Waals surface area contributed by atoms with Gasteiger partial charge in [0, 0.05) is 12.1 Å². The van der Waals surface area contributed by atoms with Gasteiger partial charge in [-0.1, -0.05) is 23.2 Å². The molecule has 1 N–H and O–H groups in total. The molecule has 0 aliphatic rings. The van der Waals surface area contributed by atoms with E-state index in [4.69, 9.17) is 27.6 Å². The van der Waals surface area contributed by atoms with Gasteiger partial charge in [0.2, 0.25) is 0 Å². The average molecular weight is 439 g/mol. The number of benzene rings is 2. The van der Waals surface area contributed by atoms with Crippen molar-refractivity contribution in [2.45, 2.75) is 11.4 Å². The summed E-state index contributed by atoms with van der Waals surface area (Å²) in [6.45, 7) is 0.186. The number of hydrogen-bond acceptors (Lipinski definition) is 4. The minimum atomic E-state index is -3.83. The maximum atomic E-state index is 12.8. The molecular formula is C19H16Cl2N2O4S. The van der Waals surface area contributed by atoms with E-state index in [9.17, 15) is 13.2 Å². The van der Waals surface area contributed by atoms with Gasteiger partial charge in [-0.2, -0.15) is 0 Å². The lowest BCUT2D eigenvalue weighted by atomic mass is 10.2. The molecule has 0 saturated carbocycles. The molecule has 1 aromatic heterocycles. The Labute approximate surface area is 172 Å². The number of sulfonamides is 1. The SMILES string of the molecule is CN(c1ccc(Cl)c(C(=O)NCc2ccco2)c1)S(=O)(=O)c1ccc(Cl)cc1. The second-order valence-electron chi connectivity index (χ2n) is 5.85. The molecule has 28 heavy (non-hydrogen) atoms. The van der Waals surface area contributed by atoms with Gasteiger partial charge in [0.1, 0.15) is 5.76 Å². The molecule has 6 nitrogen and oxygen atoms in total. The van der Waals surface area contributed by atoms with Gasteiger partial charge in [0.25, 0.3) is 15.9 Å². The minimum absolute atomic E-state index is 0.0816. The number of amides is 1. The number of carbonyl (C=O) groups excluding carboxylic acids is 1. The fourth-order valence-corrected chi connectivity index (χ4v) is 3.98. The Morgan fingerprint density at radius 1 is 1.11 bits per heavy atom. The lowest BCUT2D eigenvalue weighted by molar-refractivity contribution is 0.0948. The molecule has 3 rings (SSSR count). The number of halogens is 2. The molecule has 0 fully saturated rings.